The van der Waals surface area contributed by atoms with E-state index in [1.165, 1.54) is 18.2 Å². The third-order valence-electron chi connectivity index (χ3n) is 5.34. The van der Waals surface area contributed by atoms with Crippen molar-refractivity contribution in [2.24, 2.45) is 0 Å². The number of piperidine rings is 1. The van der Waals surface area contributed by atoms with Gasteiger partial charge < -0.3 is 9.64 Å². The third kappa shape index (κ3) is 3.22. The molecule has 1 saturated heterocycles. The first-order chi connectivity index (χ1) is 13.4. The molecule has 2 heterocycles. The number of amides is 1. The molecule has 28 heavy (non-hydrogen) atoms. The Hall–Kier alpha value is -2.93. The maximum absolute atomic E-state index is 12.8. The van der Waals surface area contributed by atoms with Crippen molar-refractivity contribution in [3.63, 3.8) is 0 Å². The van der Waals surface area contributed by atoms with Gasteiger partial charge in [0.05, 0.1) is 16.9 Å². The van der Waals surface area contributed by atoms with E-state index in [2.05, 4.69) is 0 Å². The quantitative estimate of drug-likeness (QED) is 0.563. The lowest BCUT2D eigenvalue weighted by molar-refractivity contribution is -0.385. The van der Waals surface area contributed by atoms with E-state index < -0.39 is 10.5 Å². The number of likely N-dealkylation sites (tertiary alicyclic amines) is 1. The summed E-state index contributed by atoms with van der Waals surface area (Å²) in [5.74, 6) is 0.109. The average Bonchev–Trinajstić information content (AvgIpc) is 2.69. The molecule has 7 nitrogen and oxygen atoms in total. The molecular formula is C20H17ClN2O5. The number of hydrogen-bond donors (Lipinski definition) is 0. The van der Waals surface area contributed by atoms with Crippen LogP contribution in [0.5, 0.6) is 5.75 Å². The number of fused-ring (bicyclic) bond motifs is 1. The number of nitrogens with zero attached hydrogens (tertiary/aromatic N) is 2. The first-order valence-electron chi connectivity index (χ1n) is 8.93. The molecule has 1 spiro atoms. The van der Waals surface area contributed by atoms with Gasteiger partial charge in [-0.3, -0.25) is 19.7 Å². The van der Waals surface area contributed by atoms with E-state index in [0.717, 1.165) is 0 Å². The minimum absolute atomic E-state index is 0.0257. The maximum Gasteiger partial charge on any atom is 0.282 e. The number of ketones is 1. The molecule has 0 saturated carbocycles. The predicted octanol–water partition coefficient (Wildman–Crippen LogP) is 3.89. The van der Waals surface area contributed by atoms with Crippen molar-refractivity contribution in [3.05, 3.63) is 68.7 Å². The van der Waals surface area contributed by atoms with Gasteiger partial charge in [-0.2, -0.15) is 0 Å². The van der Waals surface area contributed by atoms with Gasteiger partial charge in [-0.25, -0.2) is 0 Å². The molecule has 2 aliphatic rings. The Balaban J connectivity index is 1.51. The minimum atomic E-state index is -0.655. The number of rotatable bonds is 2. The van der Waals surface area contributed by atoms with Crippen LogP contribution >= 0.6 is 11.6 Å². The van der Waals surface area contributed by atoms with Crippen molar-refractivity contribution in [2.45, 2.75) is 24.9 Å². The number of carbonyl (C=O) groups excluding carboxylic acids is 2. The molecule has 2 aromatic rings. The number of nitro benzene ring substituents is 1. The van der Waals surface area contributed by atoms with Crippen molar-refractivity contribution in [1.29, 1.82) is 0 Å². The zero-order valence-electron chi connectivity index (χ0n) is 14.9. The topological polar surface area (TPSA) is 89.8 Å². The standard InChI is InChI=1S/C20H17ClN2O5/c21-13-5-6-18-15(11-13)17(24)12-20(28-18)7-9-22(10-8-20)19(25)14-3-1-2-4-16(14)23(26)27/h1-6,11H,7-10,12H2. The van der Waals surface area contributed by atoms with Gasteiger partial charge in [0.15, 0.2) is 5.78 Å². The van der Waals surface area contributed by atoms with Gasteiger partial charge in [0.1, 0.15) is 16.9 Å². The highest BCUT2D eigenvalue weighted by Gasteiger charge is 2.44. The van der Waals surface area contributed by atoms with Crippen LogP contribution in [0.3, 0.4) is 0 Å². The Morgan fingerprint density at radius 3 is 2.61 bits per heavy atom. The molecule has 1 fully saturated rings. The molecule has 0 radical (unpaired) electrons. The van der Waals surface area contributed by atoms with Crippen molar-refractivity contribution < 1.29 is 19.2 Å². The SMILES string of the molecule is O=C1CC2(CCN(C(=O)c3ccccc3[N+](=O)[O-])CC2)Oc2ccc(Cl)cc21. The summed E-state index contributed by atoms with van der Waals surface area (Å²) in [5.41, 5.74) is -0.305. The van der Waals surface area contributed by atoms with Crippen LogP contribution in [0.25, 0.3) is 0 Å². The van der Waals surface area contributed by atoms with E-state index in [0.29, 0.717) is 42.3 Å². The summed E-state index contributed by atoms with van der Waals surface area (Å²) in [4.78, 5) is 37.6. The molecule has 0 N–H and O–H groups in total. The van der Waals surface area contributed by atoms with Crippen LogP contribution in [-0.4, -0.2) is 40.2 Å². The molecule has 0 aliphatic carbocycles. The Bertz CT molecular complexity index is 982. The van der Waals surface area contributed by atoms with E-state index in [1.54, 1.807) is 29.2 Å². The van der Waals surface area contributed by atoms with Crippen LogP contribution < -0.4 is 4.74 Å². The van der Waals surface area contributed by atoms with E-state index in [-0.39, 0.29) is 29.4 Å². The molecule has 4 rings (SSSR count). The van der Waals surface area contributed by atoms with Crippen LogP contribution in [0.15, 0.2) is 42.5 Å². The van der Waals surface area contributed by atoms with E-state index >= 15 is 0 Å². The first-order valence-corrected chi connectivity index (χ1v) is 9.31. The number of halogens is 1. The highest BCUT2D eigenvalue weighted by Crippen LogP contribution is 2.40. The molecule has 144 valence electrons. The van der Waals surface area contributed by atoms with Crippen LogP contribution in [0.4, 0.5) is 5.69 Å². The Labute approximate surface area is 166 Å². The average molecular weight is 401 g/mol. The van der Waals surface area contributed by atoms with Gasteiger partial charge in [0.2, 0.25) is 0 Å². The summed E-state index contributed by atoms with van der Waals surface area (Å²) in [6.45, 7) is 0.724. The van der Waals surface area contributed by atoms with Crippen LogP contribution in [-0.2, 0) is 0 Å². The summed E-state index contributed by atoms with van der Waals surface area (Å²) in [6, 6.07) is 10.9. The van der Waals surface area contributed by atoms with Crippen LogP contribution in [0.2, 0.25) is 5.02 Å². The van der Waals surface area contributed by atoms with Gasteiger partial charge in [0, 0.05) is 37.0 Å². The van der Waals surface area contributed by atoms with Crippen LogP contribution in [0.1, 0.15) is 40.0 Å². The number of nitro groups is 1. The molecule has 2 aliphatic heterocycles. The number of para-hydroxylation sites is 1. The predicted molar refractivity (Wildman–Crippen MR) is 102 cm³/mol. The molecule has 8 heteroatoms. The molecule has 0 aromatic heterocycles. The normalized spacial score (nSPS) is 17.8. The summed E-state index contributed by atoms with van der Waals surface area (Å²) in [5, 5.41) is 11.7. The Kier molecular flexibility index (Phi) is 4.55. The highest BCUT2D eigenvalue weighted by atomic mass is 35.5. The smallest absolute Gasteiger partial charge is 0.282 e. The monoisotopic (exact) mass is 400 g/mol. The fourth-order valence-corrected chi connectivity index (χ4v) is 4.02. The largest absolute Gasteiger partial charge is 0.486 e. The second-order valence-corrected chi connectivity index (χ2v) is 7.53. The van der Waals surface area contributed by atoms with Crippen LogP contribution in [0, 0.1) is 10.1 Å². The zero-order valence-corrected chi connectivity index (χ0v) is 15.6. The summed E-state index contributed by atoms with van der Waals surface area (Å²) >= 11 is 5.97. The number of ether oxygens (including phenoxy) is 1. The van der Waals surface area contributed by atoms with Crippen molar-refractivity contribution in [1.82, 2.24) is 4.90 Å². The van der Waals surface area contributed by atoms with Gasteiger partial charge in [0.25, 0.3) is 11.6 Å². The molecule has 0 unspecified atom stereocenters. The zero-order chi connectivity index (χ0) is 19.9. The van der Waals surface area contributed by atoms with Crippen molar-refractivity contribution >= 4 is 29.0 Å². The third-order valence-corrected chi connectivity index (χ3v) is 5.58. The molecule has 0 bridgehead atoms. The summed E-state index contributed by atoms with van der Waals surface area (Å²) in [7, 11) is 0. The number of Topliss-reactive ketones (excluding diaryl/α,β-unsaturated/α-hetero) is 1. The fourth-order valence-electron chi connectivity index (χ4n) is 3.85. The fraction of sp³-hybridized carbons (Fsp3) is 0.300. The summed E-state index contributed by atoms with van der Waals surface area (Å²) < 4.78 is 6.16. The van der Waals surface area contributed by atoms with Gasteiger partial charge in [-0.1, -0.05) is 23.7 Å². The molecule has 1 amide bonds. The summed E-state index contributed by atoms with van der Waals surface area (Å²) in [6.07, 6.45) is 1.19. The lowest BCUT2D eigenvalue weighted by Crippen LogP contribution is -2.52. The second-order valence-electron chi connectivity index (χ2n) is 7.09. The van der Waals surface area contributed by atoms with E-state index in [9.17, 15) is 19.7 Å². The van der Waals surface area contributed by atoms with E-state index in [1.807, 2.05) is 0 Å². The number of benzene rings is 2. The maximum atomic E-state index is 12.8. The lowest BCUT2D eigenvalue weighted by atomic mass is 9.82. The van der Waals surface area contributed by atoms with E-state index in [4.69, 9.17) is 16.3 Å². The Morgan fingerprint density at radius 1 is 1.18 bits per heavy atom. The number of hydrogen-bond acceptors (Lipinski definition) is 5. The Morgan fingerprint density at radius 2 is 1.89 bits per heavy atom. The molecule has 2 aromatic carbocycles. The first kappa shape index (κ1) is 18.4. The lowest BCUT2D eigenvalue weighted by Gasteiger charge is -2.43. The molecule has 0 atom stereocenters. The van der Waals surface area contributed by atoms with Crippen molar-refractivity contribution in [2.75, 3.05) is 13.1 Å². The minimum Gasteiger partial charge on any atom is -0.486 e. The second kappa shape index (κ2) is 6.91. The van der Waals surface area contributed by atoms with Crippen molar-refractivity contribution in [3.8, 4) is 5.75 Å². The van der Waals surface area contributed by atoms with Gasteiger partial charge >= 0.3 is 0 Å². The highest BCUT2D eigenvalue weighted by molar-refractivity contribution is 6.31. The molecular weight excluding hydrogens is 384 g/mol. The number of carbonyl (C=O) groups is 2. The van der Waals surface area contributed by atoms with Gasteiger partial charge in [-0.15, -0.1) is 0 Å². The van der Waals surface area contributed by atoms with Gasteiger partial charge in [-0.05, 0) is 24.3 Å².